The fourth-order valence-electron chi connectivity index (χ4n) is 3.89. The average molecular weight is 377 g/mol. The first kappa shape index (κ1) is 21.5. The van der Waals surface area contributed by atoms with Gasteiger partial charge in [-0.05, 0) is 67.2 Å². The molecule has 0 fully saturated rings. The maximum absolute atomic E-state index is 14.9. The minimum atomic E-state index is -0.908. The molecule has 0 atom stereocenters. The SMILES string of the molecule is CCOC(=O)/C(F)=C(/CC)c1cc2c(cc1OCC)C(C)(C)CCC2(C)C. The second-order valence-corrected chi connectivity index (χ2v) is 8.46. The van der Waals surface area contributed by atoms with E-state index in [0.29, 0.717) is 29.9 Å². The lowest BCUT2D eigenvalue weighted by atomic mass is 9.62. The Kier molecular flexibility index (Phi) is 6.39. The summed E-state index contributed by atoms with van der Waals surface area (Å²) >= 11 is 0. The zero-order valence-corrected chi connectivity index (χ0v) is 17.8. The zero-order valence-electron chi connectivity index (χ0n) is 17.8. The molecule has 4 heteroatoms. The van der Waals surface area contributed by atoms with Crippen molar-refractivity contribution in [2.24, 2.45) is 0 Å². The topological polar surface area (TPSA) is 35.5 Å². The first-order chi connectivity index (χ1) is 12.6. The van der Waals surface area contributed by atoms with Crippen molar-refractivity contribution in [1.82, 2.24) is 0 Å². The van der Waals surface area contributed by atoms with Crippen LogP contribution in [0.15, 0.2) is 18.0 Å². The van der Waals surface area contributed by atoms with Gasteiger partial charge in [-0.25, -0.2) is 4.79 Å². The molecule has 0 heterocycles. The number of benzene rings is 1. The van der Waals surface area contributed by atoms with E-state index >= 15 is 0 Å². The van der Waals surface area contributed by atoms with Crippen LogP contribution >= 0.6 is 0 Å². The van der Waals surface area contributed by atoms with Crippen molar-refractivity contribution in [2.75, 3.05) is 13.2 Å². The van der Waals surface area contributed by atoms with E-state index in [0.717, 1.165) is 12.8 Å². The number of rotatable bonds is 6. The summed E-state index contributed by atoms with van der Waals surface area (Å²) in [6, 6.07) is 4.10. The number of halogens is 1. The molecule has 0 aliphatic heterocycles. The van der Waals surface area contributed by atoms with Crippen molar-refractivity contribution in [3.05, 3.63) is 34.6 Å². The summed E-state index contributed by atoms with van der Waals surface area (Å²) in [7, 11) is 0. The Labute approximate surface area is 162 Å². The van der Waals surface area contributed by atoms with Gasteiger partial charge in [0.25, 0.3) is 0 Å². The number of allylic oxidation sites excluding steroid dienone is 1. The number of hydrogen-bond acceptors (Lipinski definition) is 3. The Bertz CT molecular complexity index is 744. The van der Waals surface area contributed by atoms with E-state index < -0.39 is 11.8 Å². The lowest BCUT2D eigenvalue weighted by Crippen LogP contribution is -2.34. The Balaban J connectivity index is 2.76. The summed E-state index contributed by atoms with van der Waals surface area (Å²) in [6.07, 6.45) is 2.53. The fraction of sp³-hybridized carbons (Fsp3) is 0.609. The number of carbonyl (C=O) groups is 1. The van der Waals surface area contributed by atoms with E-state index in [1.165, 1.54) is 11.1 Å². The van der Waals surface area contributed by atoms with E-state index in [1.807, 2.05) is 19.9 Å². The van der Waals surface area contributed by atoms with E-state index in [1.54, 1.807) is 6.92 Å². The molecule has 0 unspecified atom stereocenters. The van der Waals surface area contributed by atoms with Gasteiger partial charge >= 0.3 is 5.97 Å². The molecule has 0 spiro atoms. The van der Waals surface area contributed by atoms with Crippen molar-refractivity contribution in [1.29, 1.82) is 0 Å². The Morgan fingerprint density at radius 3 is 2.04 bits per heavy atom. The van der Waals surface area contributed by atoms with Crippen LogP contribution in [0.1, 0.15) is 84.4 Å². The molecule has 1 aromatic rings. The molecular weight excluding hydrogens is 343 g/mol. The molecule has 0 aromatic heterocycles. The van der Waals surface area contributed by atoms with Crippen LogP contribution in [-0.4, -0.2) is 19.2 Å². The highest BCUT2D eigenvalue weighted by atomic mass is 19.1. The predicted molar refractivity (Wildman–Crippen MR) is 108 cm³/mol. The molecule has 27 heavy (non-hydrogen) atoms. The van der Waals surface area contributed by atoms with Crippen LogP contribution in [0, 0.1) is 0 Å². The van der Waals surface area contributed by atoms with E-state index in [4.69, 9.17) is 9.47 Å². The van der Waals surface area contributed by atoms with Crippen molar-refractivity contribution in [3.8, 4) is 5.75 Å². The standard InChI is InChI=1S/C23H33FO3/c1-8-15(20(24)21(25)27-10-3)16-13-17-18(14-19(16)26-9-2)23(6,7)12-11-22(17,4)5/h13-14H,8-12H2,1-7H3/b20-15+. The minimum absolute atomic E-state index is 0.0103. The summed E-state index contributed by atoms with van der Waals surface area (Å²) < 4.78 is 25.6. The van der Waals surface area contributed by atoms with Crippen LogP contribution in [0.3, 0.4) is 0 Å². The molecule has 1 aliphatic carbocycles. The molecule has 0 amide bonds. The molecule has 0 saturated carbocycles. The largest absolute Gasteiger partial charge is 0.493 e. The smallest absolute Gasteiger partial charge is 0.367 e. The maximum atomic E-state index is 14.9. The first-order valence-corrected chi connectivity index (χ1v) is 9.97. The maximum Gasteiger partial charge on any atom is 0.367 e. The number of fused-ring (bicyclic) bond motifs is 1. The van der Waals surface area contributed by atoms with Crippen molar-refractivity contribution in [2.45, 2.75) is 78.6 Å². The predicted octanol–water partition coefficient (Wildman–Crippen LogP) is 6.09. The van der Waals surface area contributed by atoms with Gasteiger partial charge in [0.1, 0.15) is 5.75 Å². The summed E-state index contributed by atoms with van der Waals surface area (Å²) in [5.41, 5.74) is 3.49. The van der Waals surface area contributed by atoms with Crippen LogP contribution in [0.25, 0.3) is 5.57 Å². The molecule has 0 radical (unpaired) electrons. The van der Waals surface area contributed by atoms with Gasteiger partial charge in [-0.15, -0.1) is 0 Å². The van der Waals surface area contributed by atoms with E-state index in [-0.39, 0.29) is 17.4 Å². The van der Waals surface area contributed by atoms with Crippen LogP contribution in [0.2, 0.25) is 0 Å². The Morgan fingerprint density at radius 1 is 1.00 bits per heavy atom. The molecule has 150 valence electrons. The molecular formula is C23H33FO3. The summed E-state index contributed by atoms with van der Waals surface area (Å²) in [5, 5.41) is 0. The van der Waals surface area contributed by atoms with Gasteiger partial charge in [0.15, 0.2) is 0 Å². The van der Waals surface area contributed by atoms with Gasteiger partial charge in [-0.3, -0.25) is 0 Å². The van der Waals surface area contributed by atoms with Crippen molar-refractivity contribution >= 4 is 11.5 Å². The van der Waals surface area contributed by atoms with Crippen LogP contribution in [0.5, 0.6) is 5.75 Å². The van der Waals surface area contributed by atoms with E-state index in [2.05, 4.69) is 33.8 Å². The molecule has 2 rings (SSSR count). The average Bonchev–Trinajstić information content (AvgIpc) is 2.60. The monoisotopic (exact) mass is 376 g/mol. The van der Waals surface area contributed by atoms with Gasteiger partial charge in [-0.1, -0.05) is 34.6 Å². The second-order valence-electron chi connectivity index (χ2n) is 8.46. The lowest BCUT2D eigenvalue weighted by molar-refractivity contribution is -0.140. The van der Waals surface area contributed by atoms with Crippen LogP contribution in [-0.2, 0) is 20.4 Å². The van der Waals surface area contributed by atoms with Gasteiger partial charge in [0.05, 0.1) is 13.2 Å². The number of esters is 1. The molecule has 1 aromatic carbocycles. The third kappa shape index (κ3) is 4.20. The number of ether oxygens (including phenoxy) is 2. The second kappa shape index (κ2) is 8.04. The molecule has 0 saturated heterocycles. The highest BCUT2D eigenvalue weighted by Crippen LogP contribution is 2.49. The highest BCUT2D eigenvalue weighted by molar-refractivity contribution is 5.96. The quantitative estimate of drug-likeness (QED) is 0.445. The third-order valence-corrected chi connectivity index (χ3v) is 5.65. The molecule has 0 N–H and O–H groups in total. The first-order valence-electron chi connectivity index (χ1n) is 9.97. The molecule has 0 bridgehead atoms. The van der Waals surface area contributed by atoms with Gasteiger partial charge in [0.2, 0.25) is 5.83 Å². The lowest BCUT2D eigenvalue weighted by Gasteiger charge is -2.42. The van der Waals surface area contributed by atoms with Crippen LogP contribution in [0.4, 0.5) is 4.39 Å². The normalized spacial score (nSPS) is 18.4. The Hall–Kier alpha value is -1.84. The minimum Gasteiger partial charge on any atom is -0.493 e. The van der Waals surface area contributed by atoms with Crippen LogP contribution < -0.4 is 4.74 Å². The van der Waals surface area contributed by atoms with Crippen molar-refractivity contribution < 1.29 is 18.7 Å². The summed E-state index contributed by atoms with van der Waals surface area (Å²) in [5.74, 6) is -1.10. The summed E-state index contributed by atoms with van der Waals surface area (Å²) in [4.78, 5) is 12.0. The van der Waals surface area contributed by atoms with Gasteiger partial charge in [-0.2, -0.15) is 4.39 Å². The number of hydrogen-bond donors (Lipinski definition) is 0. The third-order valence-electron chi connectivity index (χ3n) is 5.65. The summed E-state index contributed by atoms with van der Waals surface area (Å²) in [6.45, 7) is 15.0. The van der Waals surface area contributed by atoms with Crippen molar-refractivity contribution in [3.63, 3.8) is 0 Å². The fourth-order valence-corrected chi connectivity index (χ4v) is 3.89. The Morgan fingerprint density at radius 2 is 1.56 bits per heavy atom. The zero-order chi connectivity index (χ0) is 20.4. The number of carbonyl (C=O) groups excluding carboxylic acids is 1. The molecule has 3 nitrogen and oxygen atoms in total. The van der Waals surface area contributed by atoms with Gasteiger partial charge < -0.3 is 9.47 Å². The van der Waals surface area contributed by atoms with Gasteiger partial charge in [0, 0.05) is 11.1 Å². The van der Waals surface area contributed by atoms with E-state index in [9.17, 15) is 9.18 Å². The molecule has 1 aliphatic rings. The highest BCUT2D eigenvalue weighted by Gasteiger charge is 2.38.